The fourth-order valence-electron chi connectivity index (χ4n) is 16.2. The Morgan fingerprint density at radius 1 is 0.241 bits per heavy atom. The van der Waals surface area contributed by atoms with Crippen LogP contribution in [0.3, 0.4) is 0 Å². The minimum Gasteiger partial charge on any atom is -0.457 e. The molecule has 0 N–H and O–H groups in total. The highest BCUT2D eigenvalue weighted by atomic mass is 16.5. The second kappa shape index (κ2) is 18.5. The first-order valence-electron chi connectivity index (χ1n) is 29.4. The van der Waals surface area contributed by atoms with Gasteiger partial charge in [0.15, 0.2) is 0 Å². The average molecular weight is 1060 g/mol. The molecule has 13 aromatic carbocycles. The van der Waals surface area contributed by atoms with E-state index in [2.05, 4.69) is 291 Å². The highest BCUT2D eigenvalue weighted by Crippen LogP contribution is 2.63. The lowest BCUT2D eigenvalue weighted by molar-refractivity contribution is 0.435. The van der Waals surface area contributed by atoms with Crippen LogP contribution in [-0.2, 0) is 16.2 Å². The predicted molar refractivity (Wildman–Crippen MR) is 339 cm³/mol. The van der Waals surface area contributed by atoms with Crippen LogP contribution in [0.25, 0.3) is 66.1 Å². The monoisotopic (exact) mass is 1060 g/mol. The number of hydrogen-bond donors (Lipinski definition) is 0. The zero-order valence-electron chi connectivity index (χ0n) is 45.9. The van der Waals surface area contributed by atoms with Gasteiger partial charge in [-0.05, 0) is 143 Å². The molecule has 0 unspecified atom stereocenters. The van der Waals surface area contributed by atoms with E-state index in [4.69, 9.17) is 9.47 Å². The van der Waals surface area contributed by atoms with Crippen LogP contribution >= 0.6 is 0 Å². The first kappa shape index (κ1) is 47.8. The number of fused-ring (bicyclic) bond motifs is 11. The van der Waals surface area contributed by atoms with E-state index in [1.54, 1.807) is 0 Å². The molecule has 13 aromatic rings. The fourth-order valence-corrected chi connectivity index (χ4v) is 16.2. The summed E-state index contributed by atoms with van der Waals surface area (Å²) in [5.41, 5.74) is 20.5. The molecule has 1 spiro atoms. The molecule has 4 aliphatic rings. The summed E-state index contributed by atoms with van der Waals surface area (Å²) in [4.78, 5) is 0. The van der Waals surface area contributed by atoms with Gasteiger partial charge in [0, 0.05) is 27.7 Å². The predicted octanol–water partition coefficient (Wildman–Crippen LogP) is 20.8. The molecule has 392 valence electrons. The SMILES string of the molecule is c1ccc(C2(c3ccccc3)c3ccccc3Oc3cccc(-c4cccc5c(-c6cccc7c6C6(CCCC6)c6ccccc6-7)c6cccc(-c7cccc8c7C(c7ccccc7)(c7ccccc7)c7ccccc7O8)c6cc45)c32)cc1. The Kier molecular flexibility index (Phi) is 10.6. The highest BCUT2D eigenvalue weighted by molar-refractivity contribution is 6.20. The molecule has 0 aromatic heterocycles. The minimum absolute atomic E-state index is 0.0887. The normalized spacial score (nSPS) is 15.3. The van der Waals surface area contributed by atoms with E-state index in [0.717, 1.165) is 80.3 Å². The quantitative estimate of drug-likeness (QED) is 0.148. The zero-order valence-corrected chi connectivity index (χ0v) is 45.9. The van der Waals surface area contributed by atoms with Crippen molar-refractivity contribution in [2.75, 3.05) is 0 Å². The molecule has 2 heteroatoms. The third-order valence-electron chi connectivity index (χ3n) is 19.3. The van der Waals surface area contributed by atoms with E-state index < -0.39 is 10.8 Å². The molecule has 2 aliphatic heterocycles. The van der Waals surface area contributed by atoms with Gasteiger partial charge in [0.2, 0.25) is 0 Å². The van der Waals surface area contributed by atoms with Crippen LogP contribution in [-0.4, -0.2) is 0 Å². The molecule has 17 rings (SSSR count). The molecule has 0 saturated heterocycles. The van der Waals surface area contributed by atoms with Crippen molar-refractivity contribution in [3.05, 3.63) is 347 Å². The molecule has 1 fully saturated rings. The van der Waals surface area contributed by atoms with Gasteiger partial charge in [-0.25, -0.2) is 0 Å². The van der Waals surface area contributed by atoms with Crippen LogP contribution in [0.5, 0.6) is 23.0 Å². The summed E-state index contributed by atoms with van der Waals surface area (Å²) < 4.78 is 14.4. The van der Waals surface area contributed by atoms with E-state index in [-0.39, 0.29) is 5.41 Å². The Morgan fingerprint density at radius 2 is 0.578 bits per heavy atom. The van der Waals surface area contributed by atoms with Crippen molar-refractivity contribution in [3.8, 4) is 67.5 Å². The highest BCUT2D eigenvalue weighted by Gasteiger charge is 2.50. The van der Waals surface area contributed by atoms with Gasteiger partial charge in [0.25, 0.3) is 0 Å². The Labute approximate surface area is 484 Å². The lowest BCUT2D eigenvalue weighted by Gasteiger charge is -2.43. The van der Waals surface area contributed by atoms with E-state index in [9.17, 15) is 0 Å². The van der Waals surface area contributed by atoms with Crippen molar-refractivity contribution < 1.29 is 9.47 Å². The van der Waals surface area contributed by atoms with Gasteiger partial charge in [0.1, 0.15) is 23.0 Å². The van der Waals surface area contributed by atoms with E-state index in [0.29, 0.717) is 0 Å². The van der Waals surface area contributed by atoms with Crippen LogP contribution in [0.2, 0.25) is 0 Å². The maximum Gasteiger partial charge on any atom is 0.132 e. The molecule has 2 nitrogen and oxygen atoms in total. The lowest BCUT2D eigenvalue weighted by Crippen LogP contribution is -2.34. The third kappa shape index (κ3) is 6.66. The van der Waals surface area contributed by atoms with Gasteiger partial charge in [-0.3, -0.25) is 0 Å². The fraction of sp³-hybridized carbons (Fsp3) is 0.0864. The van der Waals surface area contributed by atoms with Crippen LogP contribution in [0.15, 0.2) is 291 Å². The van der Waals surface area contributed by atoms with Crippen LogP contribution in [0, 0.1) is 0 Å². The minimum atomic E-state index is -0.741. The summed E-state index contributed by atoms with van der Waals surface area (Å²) in [6, 6.07) is 108. The molecule has 0 radical (unpaired) electrons. The van der Waals surface area contributed by atoms with Gasteiger partial charge in [-0.1, -0.05) is 274 Å². The summed E-state index contributed by atoms with van der Waals surface area (Å²) in [6.07, 6.45) is 4.67. The van der Waals surface area contributed by atoms with Gasteiger partial charge < -0.3 is 9.47 Å². The van der Waals surface area contributed by atoms with Crippen molar-refractivity contribution in [2.24, 2.45) is 0 Å². The first-order chi connectivity index (χ1) is 41.2. The molecule has 0 atom stereocenters. The van der Waals surface area contributed by atoms with Gasteiger partial charge >= 0.3 is 0 Å². The van der Waals surface area contributed by atoms with Crippen LogP contribution in [0.4, 0.5) is 0 Å². The Bertz CT molecular complexity index is 4400. The molecular weight excluding hydrogens is 1000 g/mol. The average Bonchev–Trinajstić information content (AvgIpc) is 2.05. The molecule has 83 heavy (non-hydrogen) atoms. The summed E-state index contributed by atoms with van der Waals surface area (Å²) >= 11 is 0. The molecule has 0 amide bonds. The summed E-state index contributed by atoms with van der Waals surface area (Å²) in [7, 11) is 0. The van der Waals surface area contributed by atoms with Crippen LogP contribution < -0.4 is 9.47 Å². The van der Waals surface area contributed by atoms with Gasteiger partial charge in [-0.15, -0.1) is 0 Å². The van der Waals surface area contributed by atoms with Crippen molar-refractivity contribution in [3.63, 3.8) is 0 Å². The molecular formula is C81H56O2. The smallest absolute Gasteiger partial charge is 0.132 e. The second-order valence-corrected chi connectivity index (χ2v) is 23.1. The Morgan fingerprint density at radius 3 is 1.05 bits per heavy atom. The van der Waals surface area contributed by atoms with Crippen molar-refractivity contribution in [1.82, 2.24) is 0 Å². The van der Waals surface area contributed by atoms with Crippen molar-refractivity contribution in [1.29, 1.82) is 0 Å². The van der Waals surface area contributed by atoms with E-state index in [1.165, 1.54) is 90.0 Å². The standard InChI is InChI=1S/C81H56O2/c1-5-26-53(27-6-1)80(54-28-7-2-8-29-54)69-44-15-17-46-71(69)82-73-48-24-40-62(77(73)80)57-35-21-37-60-66(57)52-67-58(36-22-38-61(67)75(60)65-42-23-39-64-59-34-13-14-43-68(59)79(76(64)65)50-19-20-51-79)63-41-25-49-74-78(63)81(55-30-9-3-10-31-55,56-32-11-4-12-33-56)70-45-16-18-47-72(70)83-74/h1-18,21-49,52H,19-20,50-51H2. The van der Waals surface area contributed by atoms with Gasteiger partial charge in [-0.2, -0.15) is 0 Å². The lowest BCUT2D eigenvalue weighted by atomic mass is 9.62. The second-order valence-electron chi connectivity index (χ2n) is 23.1. The topological polar surface area (TPSA) is 18.5 Å². The van der Waals surface area contributed by atoms with Gasteiger partial charge in [0.05, 0.1) is 10.8 Å². The number of rotatable bonds is 7. The summed E-state index contributed by atoms with van der Waals surface area (Å²) in [6.45, 7) is 0. The maximum absolute atomic E-state index is 7.18. The van der Waals surface area contributed by atoms with Crippen molar-refractivity contribution in [2.45, 2.75) is 41.9 Å². The summed E-state index contributed by atoms with van der Waals surface area (Å²) in [5.74, 6) is 3.42. The van der Waals surface area contributed by atoms with E-state index in [1.807, 2.05) is 0 Å². The molecule has 0 bridgehead atoms. The maximum atomic E-state index is 7.18. The molecule has 2 heterocycles. The number of ether oxygens (including phenoxy) is 2. The zero-order chi connectivity index (χ0) is 54.7. The number of para-hydroxylation sites is 2. The number of hydrogen-bond acceptors (Lipinski definition) is 2. The largest absolute Gasteiger partial charge is 0.457 e. The molecule has 2 aliphatic carbocycles. The number of benzene rings is 13. The third-order valence-corrected chi connectivity index (χ3v) is 19.3. The first-order valence-corrected chi connectivity index (χ1v) is 29.4. The van der Waals surface area contributed by atoms with E-state index >= 15 is 0 Å². The molecule has 1 saturated carbocycles. The summed E-state index contributed by atoms with van der Waals surface area (Å²) in [5, 5.41) is 4.81. The van der Waals surface area contributed by atoms with Crippen molar-refractivity contribution >= 4 is 21.5 Å². The van der Waals surface area contributed by atoms with Crippen LogP contribution in [0.1, 0.15) is 81.3 Å². The Hall–Kier alpha value is -10.0. The Balaban J connectivity index is 1.02.